The molecule has 150 valence electrons. The van der Waals surface area contributed by atoms with Crippen LogP contribution in [0.25, 0.3) is 10.9 Å². The number of H-pyrrole nitrogens is 1. The minimum Gasteiger partial charge on any atom is -0.364 e. The Hall–Kier alpha value is -2.89. The summed E-state index contributed by atoms with van der Waals surface area (Å²) < 4.78 is 0. The number of hydrogen-bond donors (Lipinski definition) is 2. The molecule has 0 aliphatic carbocycles. The van der Waals surface area contributed by atoms with Gasteiger partial charge in [0.15, 0.2) is 5.13 Å². The molecule has 1 amide bonds. The van der Waals surface area contributed by atoms with Gasteiger partial charge in [-0.05, 0) is 49.6 Å². The van der Waals surface area contributed by atoms with Crippen molar-refractivity contribution in [3.8, 4) is 6.07 Å². The number of aromatic amines is 1. The highest BCUT2D eigenvalue weighted by Crippen LogP contribution is 2.23. The summed E-state index contributed by atoms with van der Waals surface area (Å²) in [6.07, 6.45) is 5.36. The molecule has 0 spiro atoms. The Morgan fingerprint density at radius 1 is 1.28 bits per heavy atom. The maximum Gasteiger partial charge on any atom is 0.268 e. The van der Waals surface area contributed by atoms with Crippen molar-refractivity contribution >= 4 is 33.3 Å². The molecule has 7 nitrogen and oxygen atoms in total. The third-order valence-corrected chi connectivity index (χ3v) is 6.36. The smallest absolute Gasteiger partial charge is 0.268 e. The van der Waals surface area contributed by atoms with Crippen LogP contribution in [0.1, 0.15) is 34.5 Å². The van der Waals surface area contributed by atoms with Gasteiger partial charge in [-0.15, -0.1) is 11.3 Å². The van der Waals surface area contributed by atoms with Crippen molar-refractivity contribution in [2.75, 3.05) is 37.6 Å². The number of amides is 1. The minimum absolute atomic E-state index is 0.353. The number of aryl methyl sites for hydroxylation is 1. The van der Waals surface area contributed by atoms with E-state index in [-0.39, 0.29) is 0 Å². The Morgan fingerprint density at radius 3 is 2.83 bits per heavy atom. The SMILES string of the molecule is N#Cc1ccc2[nH]cc(CCCCN3CCN(c4nc(C(N)=O)cs4)CC3)c2c1. The minimum atomic E-state index is -0.467. The number of carbonyl (C=O) groups is 1. The van der Waals surface area contributed by atoms with Gasteiger partial charge in [0.1, 0.15) is 5.69 Å². The quantitative estimate of drug-likeness (QED) is 0.585. The largest absolute Gasteiger partial charge is 0.364 e. The summed E-state index contributed by atoms with van der Waals surface area (Å²) in [5.41, 5.74) is 8.73. The number of hydrogen-bond acceptors (Lipinski definition) is 6. The van der Waals surface area contributed by atoms with Crippen LogP contribution >= 0.6 is 11.3 Å². The fourth-order valence-electron chi connectivity index (χ4n) is 3.79. The van der Waals surface area contributed by atoms with Gasteiger partial charge in [0.05, 0.1) is 11.6 Å². The van der Waals surface area contributed by atoms with Crippen molar-refractivity contribution in [2.24, 2.45) is 5.73 Å². The van der Waals surface area contributed by atoms with Crippen molar-refractivity contribution in [1.29, 1.82) is 5.26 Å². The summed E-state index contributed by atoms with van der Waals surface area (Å²) in [6.45, 7) is 4.94. The number of nitrogens with zero attached hydrogens (tertiary/aromatic N) is 4. The molecule has 4 rings (SSSR count). The monoisotopic (exact) mass is 408 g/mol. The number of fused-ring (bicyclic) bond motifs is 1. The molecule has 0 atom stereocenters. The highest BCUT2D eigenvalue weighted by atomic mass is 32.1. The molecule has 0 radical (unpaired) electrons. The predicted molar refractivity (Wildman–Crippen MR) is 115 cm³/mol. The first-order valence-corrected chi connectivity index (χ1v) is 10.7. The number of primary amides is 1. The zero-order valence-corrected chi connectivity index (χ0v) is 17.0. The number of anilines is 1. The van der Waals surface area contributed by atoms with Crippen LogP contribution < -0.4 is 10.6 Å². The summed E-state index contributed by atoms with van der Waals surface area (Å²) >= 11 is 1.48. The summed E-state index contributed by atoms with van der Waals surface area (Å²) in [4.78, 5) is 23.6. The number of unbranched alkanes of at least 4 members (excludes halogenated alkanes) is 1. The number of benzene rings is 1. The molecule has 1 aromatic carbocycles. The highest BCUT2D eigenvalue weighted by molar-refractivity contribution is 7.13. The molecule has 0 saturated carbocycles. The average Bonchev–Trinajstić information content (AvgIpc) is 3.39. The molecule has 3 aromatic rings. The van der Waals surface area contributed by atoms with Gasteiger partial charge >= 0.3 is 0 Å². The molecule has 1 fully saturated rings. The molecular weight excluding hydrogens is 384 g/mol. The number of nitrogens with two attached hydrogens (primary N) is 1. The topological polar surface area (TPSA) is 102 Å². The van der Waals surface area contributed by atoms with Crippen LogP contribution in [-0.2, 0) is 6.42 Å². The summed E-state index contributed by atoms with van der Waals surface area (Å²) in [6, 6.07) is 8.02. The van der Waals surface area contributed by atoms with Crippen LogP contribution in [0.5, 0.6) is 0 Å². The van der Waals surface area contributed by atoms with Crippen LogP contribution in [-0.4, -0.2) is 53.5 Å². The zero-order valence-electron chi connectivity index (χ0n) is 16.2. The molecule has 2 aromatic heterocycles. The molecule has 0 bridgehead atoms. The molecule has 1 aliphatic heterocycles. The normalized spacial score (nSPS) is 14.9. The first-order chi connectivity index (χ1) is 14.1. The fourth-order valence-corrected chi connectivity index (χ4v) is 4.66. The third-order valence-electron chi connectivity index (χ3n) is 5.45. The Balaban J connectivity index is 1.22. The van der Waals surface area contributed by atoms with Gasteiger partial charge in [0.25, 0.3) is 5.91 Å². The number of aromatic nitrogens is 2. The second-order valence-electron chi connectivity index (χ2n) is 7.35. The van der Waals surface area contributed by atoms with Crippen LogP contribution in [0.15, 0.2) is 29.8 Å². The average molecular weight is 409 g/mol. The number of nitriles is 1. The molecular formula is C21H24N6OS. The van der Waals surface area contributed by atoms with E-state index in [1.54, 1.807) is 5.38 Å². The standard InChI is InChI=1S/C21H24N6OS/c22-12-15-4-5-18-17(11-15)16(13-24-18)3-1-2-6-26-7-9-27(10-8-26)21-25-19(14-29-21)20(23)28/h4-5,11,13-14,24H,1-3,6-10H2,(H2,23,28). The van der Waals surface area contributed by atoms with E-state index in [0.717, 1.165) is 68.0 Å². The molecule has 29 heavy (non-hydrogen) atoms. The Kier molecular flexibility index (Phi) is 5.79. The second-order valence-corrected chi connectivity index (χ2v) is 8.19. The lowest BCUT2D eigenvalue weighted by atomic mass is 10.1. The Labute approximate surface area is 173 Å². The van der Waals surface area contributed by atoms with Crippen LogP contribution in [0, 0.1) is 11.3 Å². The molecule has 3 N–H and O–H groups in total. The van der Waals surface area contributed by atoms with Crippen LogP contribution in [0.4, 0.5) is 5.13 Å². The number of piperazine rings is 1. The summed E-state index contributed by atoms with van der Waals surface area (Å²) in [5.74, 6) is -0.467. The van der Waals surface area contributed by atoms with Crippen molar-refractivity contribution < 1.29 is 4.79 Å². The highest BCUT2D eigenvalue weighted by Gasteiger charge is 2.20. The third kappa shape index (κ3) is 4.42. The van der Waals surface area contributed by atoms with Gasteiger partial charge < -0.3 is 15.6 Å². The van der Waals surface area contributed by atoms with Crippen LogP contribution in [0.2, 0.25) is 0 Å². The molecule has 3 heterocycles. The van der Waals surface area contributed by atoms with Gasteiger partial charge in [-0.3, -0.25) is 9.69 Å². The van der Waals surface area contributed by atoms with Crippen molar-refractivity contribution in [3.05, 3.63) is 46.6 Å². The number of rotatable bonds is 7. The lowest BCUT2D eigenvalue weighted by molar-refractivity contribution is 0.0996. The van der Waals surface area contributed by atoms with E-state index in [2.05, 4.69) is 32.0 Å². The Bertz CT molecular complexity index is 1040. The molecule has 8 heteroatoms. The molecule has 1 aliphatic rings. The van der Waals surface area contributed by atoms with Crippen molar-refractivity contribution in [2.45, 2.75) is 19.3 Å². The molecule has 0 unspecified atom stereocenters. The van der Waals surface area contributed by atoms with E-state index in [0.29, 0.717) is 11.3 Å². The first-order valence-electron chi connectivity index (χ1n) is 9.87. The van der Waals surface area contributed by atoms with E-state index < -0.39 is 5.91 Å². The van der Waals surface area contributed by atoms with Crippen molar-refractivity contribution in [1.82, 2.24) is 14.9 Å². The molecule has 1 saturated heterocycles. The van der Waals surface area contributed by atoms with Gasteiger partial charge in [0.2, 0.25) is 0 Å². The van der Waals surface area contributed by atoms with Crippen LogP contribution in [0.3, 0.4) is 0 Å². The Morgan fingerprint density at radius 2 is 2.10 bits per heavy atom. The number of thiazole rings is 1. The lowest BCUT2D eigenvalue weighted by Crippen LogP contribution is -2.46. The lowest BCUT2D eigenvalue weighted by Gasteiger charge is -2.34. The van der Waals surface area contributed by atoms with E-state index >= 15 is 0 Å². The number of nitrogens with one attached hydrogen (secondary N) is 1. The van der Waals surface area contributed by atoms with Crippen molar-refractivity contribution in [3.63, 3.8) is 0 Å². The van der Waals surface area contributed by atoms with E-state index in [1.165, 1.54) is 16.9 Å². The van der Waals surface area contributed by atoms with E-state index in [1.807, 2.05) is 18.2 Å². The zero-order chi connectivity index (χ0) is 20.2. The van der Waals surface area contributed by atoms with E-state index in [4.69, 9.17) is 11.0 Å². The maximum absolute atomic E-state index is 11.2. The maximum atomic E-state index is 11.2. The van der Waals surface area contributed by atoms with Gasteiger partial charge in [-0.1, -0.05) is 0 Å². The second kappa shape index (κ2) is 8.64. The number of carbonyl (C=O) groups excluding carboxylic acids is 1. The first kappa shape index (κ1) is 19.4. The summed E-state index contributed by atoms with van der Waals surface area (Å²) in [7, 11) is 0. The fraction of sp³-hybridized carbons (Fsp3) is 0.381. The van der Waals surface area contributed by atoms with Gasteiger partial charge in [0, 0.05) is 48.7 Å². The summed E-state index contributed by atoms with van der Waals surface area (Å²) in [5, 5.41) is 12.9. The van der Waals surface area contributed by atoms with Gasteiger partial charge in [-0.25, -0.2) is 4.98 Å². The van der Waals surface area contributed by atoms with Gasteiger partial charge in [-0.2, -0.15) is 5.26 Å². The predicted octanol–water partition coefficient (Wildman–Crippen LogP) is 2.74. The van der Waals surface area contributed by atoms with E-state index in [9.17, 15) is 4.79 Å².